The summed E-state index contributed by atoms with van der Waals surface area (Å²) in [5, 5.41) is 25.2. The Morgan fingerprint density at radius 3 is 1.19 bits per heavy atom. The van der Waals surface area contributed by atoms with Gasteiger partial charge >= 0.3 is 0 Å². The molecule has 0 aliphatic rings. The molecule has 0 N–H and O–H groups in total. The summed E-state index contributed by atoms with van der Waals surface area (Å²) in [4.78, 5) is 20.9. The van der Waals surface area contributed by atoms with Gasteiger partial charge in [-0.2, -0.15) is 10.5 Å². The normalized spacial score (nSPS) is 12.2. The molecule has 0 aliphatic carbocycles. The van der Waals surface area contributed by atoms with Gasteiger partial charge in [-0.25, -0.2) is 19.8 Å². The van der Waals surface area contributed by atoms with Gasteiger partial charge in [-0.15, -0.1) is 0 Å². The van der Waals surface area contributed by atoms with E-state index in [4.69, 9.17) is 21.5 Å². The third kappa shape index (κ3) is 10.6. The topological polar surface area (TPSA) is 100 Å². The molecule has 10 aromatic carbocycles. The van der Waals surface area contributed by atoms with Gasteiger partial charge in [0.05, 0.1) is 63.3 Å². The minimum Gasteiger partial charge on any atom is -0.309 e. The van der Waals surface area contributed by atoms with Gasteiger partial charge in [0.25, 0.3) is 0 Å². The lowest BCUT2D eigenvalue weighted by Gasteiger charge is -2.20. The number of nitrogens with zero attached hydrogens (tertiary/aromatic N) is 8. The van der Waals surface area contributed by atoms with E-state index in [9.17, 15) is 10.5 Å². The van der Waals surface area contributed by atoms with Crippen molar-refractivity contribution in [2.24, 2.45) is 0 Å². The zero-order chi connectivity index (χ0) is 63.2. The monoisotopic (exact) mass is 1170 g/mol. The molecule has 3 aromatic heterocycles. The summed E-state index contributed by atoms with van der Waals surface area (Å²) < 4.78 is 4.73. The van der Waals surface area contributed by atoms with Crippen molar-refractivity contribution in [2.75, 3.05) is 0 Å². The quantitative estimate of drug-likeness (QED) is 0.141. The summed E-state index contributed by atoms with van der Waals surface area (Å²) >= 11 is 0. The largest absolute Gasteiger partial charge is 0.309 e. The van der Waals surface area contributed by atoms with Gasteiger partial charge in [0, 0.05) is 38.2 Å². The Labute approximate surface area is 527 Å². The first-order valence-corrected chi connectivity index (χ1v) is 30.8. The molecule has 0 radical (unpaired) electrons. The molecule has 0 saturated heterocycles. The highest BCUT2D eigenvalue weighted by molar-refractivity contribution is 6.12. The summed E-state index contributed by atoms with van der Waals surface area (Å²) in [6, 6.07) is 76.5. The average molecular weight is 1170 g/mol. The van der Waals surface area contributed by atoms with Crippen LogP contribution in [0.15, 0.2) is 206 Å². The van der Waals surface area contributed by atoms with Crippen LogP contribution >= 0.6 is 0 Å². The first-order chi connectivity index (χ1) is 43.0. The lowest BCUT2D eigenvalue weighted by Crippen LogP contribution is -2.10. The number of rotatable bonds is 8. The van der Waals surface area contributed by atoms with E-state index >= 15 is 0 Å². The zero-order valence-corrected chi connectivity index (χ0v) is 53.2. The molecule has 0 fully saturated rings. The maximum Gasteiger partial charge on any atom is 0.187 e. The molecule has 13 aromatic rings. The van der Waals surface area contributed by atoms with E-state index in [0.29, 0.717) is 34.3 Å². The molecule has 8 nitrogen and oxygen atoms in total. The minimum absolute atomic E-state index is 0.110. The van der Waals surface area contributed by atoms with E-state index < -0.39 is 0 Å². The lowest BCUT2D eigenvalue weighted by atomic mass is 9.85. The molecule has 0 unspecified atom stereocenters. The molecule has 0 bridgehead atoms. The van der Waals surface area contributed by atoms with E-state index in [-0.39, 0.29) is 21.7 Å². The van der Waals surface area contributed by atoms with Crippen LogP contribution in [0.4, 0.5) is 5.69 Å². The number of aromatic nitrogens is 5. The zero-order valence-electron chi connectivity index (χ0n) is 53.2. The van der Waals surface area contributed by atoms with Crippen LogP contribution in [0.1, 0.15) is 116 Å². The number of fused-ring (bicyclic) bond motifs is 6. The van der Waals surface area contributed by atoms with Gasteiger partial charge in [-0.05, 0) is 180 Å². The number of hydrogen-bond donors (Lipinski definition) is 0. The van der Waals surface area contributed by atoms with Crippen LogP contribution < -0.4 is 0 Å². The molecule has 438 valence electrons. The highest BCUT2D eigenvalue weighted by Gasteiger charge is 2.28. The van der Waals surface area contributed by atoms with E-state index in [1.165, 1.54) is 22.3 Å². The van der Waals surface area contributed by atoms with E-state index in [1.54, 1.807) is 0 Å². The Morgan fingerprint density at radius 1 is 0.344 bits per heavy atom. The Bertz CT molecular complexity index is 4800. The molecule has 0 amide bonds. The first kappa shape index (κ1) is 58.3. The van der Waals surface area contributed by atoms with Crippen molar-refractivity contribution in [3.8, 4) is 91.1 Å². The molecular weight excluding hydrogens is 1100 g/mol. The lowest BCUT2D eigenvalue weighted by molar-refractivity contribution is 0.590. The van der Waals surface area contributed by atoms with Crippen molar-refractivity contribution in [3.63, 3.8) is 0 Å². The Hall–Kier alpha value is -10.7. The van der Waals surface area contributed by atoms with Crippen LogP contribution in [-0.4, -0.2) is 24.1 Å². The summed E-state index contributed by atoms with van der Waals surface area (Å²) in [6.07, 6.45) is 0. The second-order valence-corrected chi connectivity index (χ2v) is 28.0. The second-order valence-electron chi connectivity index (χ2n) is 28.0. The van der Waals surface area contributed by atoms with E-state index in [2.05, 4.69) is 224 Å². The van der Waals surface area contributed by atoms with Gasteiger partial charge < -0.3 is 9.13 Å². The number of hydrogen-bond acceptors (Lipinski definition) is 5. The van der Waals surface area contributed by atoms with Crippen molar-refractivity contribution in [1.29, 1.82) is 10.5 Å². The fraction of sp³-hybridized carbons (Fsp3) is 0.195. The molecule has 13 rings (SSSR count). The van der Waals surface area contributed by atoms with Crippen LogP contribution in [-0.2, 0) is 21.7 Å². The third-order valence-electron chi connectivity index (χ3n) is 17.7. The average Bonchev–Trinajstić information content (AvgIpc) is 1.57. The van der Waals surface area contributed by atoms with Crippen LogP contribution in [0.2, 0.25) is 0 Å². The molecule has 0 atom stereocenters. The van der Waals surface area contributed by atoms with Gasteiger partial charge in [0.2, 0.25) is 0 Å². The fourth-order valence-corrected chi connectivity index (χ4v) is 12.5. The maximum atomic E-state index is 10.4. The summed E-state index contributed by atoms with van der Waals surface area (Å²) in [6.45, 7) is 35.2. The number of nitriles is 2. The van der Waals surface area contributed by atoms with Crippen LogP contribution in [0.3, 0.4) is 0 Å². The molecule has 90 heavy (non-hydrogen) atoms. The first-order valence-electron chi connectivity index (χ1n) is 30.8. The van der Waals surface area contributed by atoms with Gasteiger partial charge in [0.15, 0.2) is 23.2 Å². The minimum atomic E-state index is -0.111. The Balaban J connectivity index is 1.17. The van der Waals surface area contributed by atoms with E-state index in [0.717, 1.165) is 105 Å². The smallest absolute Gasteiger partial charge is 0.187 e. The van der Waals surface area contributed by atoms with Gasteiger partial charge in [-0.3, -0.25) is 0 Å². The predicted octanol–water partition coefficient (Wildman–Crippen LogP) is 21.6. The SMILES string of the molecule is [C-]#[N+]c1cccc(-c2ccc(-n3c4ccc(C(C)(C)C)cc4c4cc(C(C)(C)C)ccc43)c(-c3nc(-c4cccc(-c5ccccc5C#N)c4)nc(-c4cc(-c5cccc(C#N)c5)ccc4-n4c5ccc(C(C)(C)C)cc5c5cc(C(C)(C)C)ccc54)n3)c2)c1. The van der Waals surface area contributed by atoms with Crippen LogP contribution in [0.5, 0.6) is 0 Å². The van der Waals surface area contributed by atoms with Crippen LogP contribution in [0.25, 0.3) is 127 Å². The number of benzene rings is 10. The summed E-state index contributed by atoms with van der Waals surface area (Å²) in [7, 11) is 0. The molecule has 0 spiro atoms. The van der Waals surface area contributed by atoms with Crippen molar-refractivity contribution >= 4 is 49.3 Å². The van der Waals surface area contributed by atoms with Crippen LogP contribution in [0, 0.1) is 29.2 Å². The van der Waals surface area contributed by atoms with Crippen molar-refractivity contribution < 1.29 is 0 Å². The Kier molecular flexibility index (Phi) is 14.2. The molecule has 0 aliphatic heterocycles. The standard InChI is InChI=1S/C82H70N8/c1-79(2,3)58-29-35-70-64(44-58)65-45-59(80(4,5)6)30-36-71(65)89(70)74-33-27-53(51-21-16-19-50(39-51)48-83)42-68(74)77-86-76(56-24-17-23-55(40-56)63-26-15-14-20-57(63)49-84)87-78(88-77)69-43-54(52-22-18-25-62(41-52)85-13)28-34-75(69)90-72-37-31-60(81(7,8)9)46-66(72)67-47-61(82(10,11)12)32-38-73(67)90/h14-47H,1-12H3. The second kappa shape index (κ2) is 21.8. The summed E-state index contributed by atoms with van der Waals surface area (Å²) in [5.74, 6) is 1.29. The van der Waals surface area contributed by atoms with Crippen molar-refractivity contribution in [2.45, 2.75) is 105 Å². The molecule has 8 heteroatoms. The third-order valence-corrected chi connectivity index (χ3v) is 17.7. The summed E-state index contributed by atoms with van der Waals surface area (Å²) in [5.41, 5.74) is 19.4. The predicted molar refractivity (Wildman–Crippen MR) is 372 cm³/mol. The van der Waals surface area contributed by atoms with Gasteiger partial charge in [-0.1, -0.05) is 186 Å². The van der Waals surface area contributed by atoms with E-state index in [1.807, 2.05) is 91.0 Å². The van der Waals surface area contributed by atoms with Crippen molar-refractivity contribution in [3.05, 3.63) is 251 Å². The maximum absolute atomic E-state index is 10.4. The molecule has 0 saturated carbocycles. The van der Waals surface area contributed by atoms with Gasteiger partial charge in [0.1, 0.15) is 0 Å². The highest BCUT2D eigenvalue weighted by atomic mass is 15.1. The highest BCUT2D eigenvalue weighted by Crippen LogP contribution is 2.45. The Morgan fingerprint density at radius 2 is 0.744 bits per heavy atom. The fourth-order valence-electron chi connectivity index (χ4n) is 12.5. The molecule has 3 heterocycles. The molecular formula is C82H70N8. The van der Waals surface area contributed by atoms with Crippen molar-refractivity contribution in [1.82, 2.24) is 24.1 Å².